The SMILES string of the molecule is O=C(NC1CCOCC1)c1cc(Cl)ccc1O. The van der Waals surface area contributed by atoms with Gasteiger partial charge in [-0.2, -0.15) is 0 Å². The summed E-state index contributed by atoms with van der Waals surface area (Å²) in [7, 11) is 0. The number of hydrogen-bond donors (Lipinski definition) is 2. The van der Waals surface area contributed by atoms with E-state index >= 15 is 0 Å². The summed E-state index contributed by atoms with van der Waals surface area (Å²) in [6, 6.07) is 4.53. The van der Waals surface area contributed by atoms with Gasteiger partial charge in [-0.05, 0) is 31.0 Å². The molecule has 1 amide bonds. The van der Waals surface area contributed by atoms with E-state index in [4.69, 9.17) is 16.3 Å². The van der Waals surface area contributed by atoms with E-state index in [1.54, 1.807) is 6.07 Å². The highest BCUT2D eigenvalue weighted by atomic mass is 35.5. The van der Waals surface area contributed by atoms with Gasteiger partial charge in [-0.3, -0.25) is 4.79 Å². The maximum absolute atomic E-state index is 11.9. The molecule has 0 bridgehead atoms. The molecule has 4 nitrogen and oxygen atoms in total. The van der Waals surface area contributed by atoms with Gasteiger partial charge in [0, 0.05) is 24.3 Å². The molecule has 1 fully saturated rings. The van der Waals surface area contributed by atoms with Crippen molar-refractivity contribution in [3.05, 3.63) is 28.8 Å². The second-order valence-electron chi connectivity index (χ2n) is 4.02. The van der Waals surface area contributed by atoms with Crippen molar-refractivity contribution < 1.29 is 14.6 Å². The lowest BCUT2D eigenvalue weighted by Crippen LogP contribution is -2.38. The van der Waals surface area contributed by atoms with Crippen LogP contribution in [-0.4, -0.2) is 30.3 Å². The van der Waals surface area contributed by atoms with Gasteiger partial charge < -0.3 is 15.2 Å². The summed E-state index contributed by atoms with van der Waals surface area (Å²) in [5.74, 6) is -0.351. The van der Waals surface area contributed by atoms with Crippen molar-refractivity contribution in [3.8, 4) is 5.75 Å². The average Bonchev–Trinajstić information content (AvgIpc) is 2.33. The molecular formula is C12H14ClNO3. The van der Waals surface area contributed by atoms with Gasteiger partial charge in [0.15, 0.2) is 0 Å². The van der Waals surface area contributed by atoms with Crippen molar-refractivity contribution in [2.24, 2.45) is 0 Å². The highest BCUT2D eigenvalue weighted by Crippen LogP contribution is 2.21. The molecule has 2 rings (SSSR count). The van der Waals surface area contributed by atoms with Crippen molar-refractivity contribution in [2.45, 2.75) is 18.9 Å². The Bertz CT molecular complexity index is 416. The molecule has 2 N–H and O–H groups in total. The lowest BCUT2D eigenvalue weighted by Gasteiger charge is -2.23. The number of rotatable bonds is 2. The van der Waals surface area contributed by atoms with Crippen LogP contribution >= 0.6 is 11.6 Å². The Balaban J connectivity index is 2.05. The number of ether oxygens (including phenoxy) is 1. The van der Waals surface area contributed by atoms with E-state index in [1.807, 2.05) is 0 Å². The minimum Gasteiger partial charge on any atom is -0.507 e. The number of phenols is 1. The summed E-state index contributed by atoms with van der Waals surface area (Å²) in [6.45, 7) is 1.32. The first-order valence-electron chi connectivity index (χ1n) is 5.54. The normalized spacial score (nSPS) is 16.8. The summed E-state index contributed by atoms with van der Waals surface area (Å²) in [5.41, 5.74) is 0.212. The van der Waals surface area contributed by atoms with Crippen molar-refractivity contribution in [1.29, 1.82) is 0 Å². The number of carbonyl (C=O) groups excluding carboxylic acids is 1. The summed E-state index contributed by atoms with van der Waals surface area (Å²) < 4.78 is 5.21. The maximum Gasteiger partial charge on any atom is 0.255 e. The van der Waals surface area contributed by atoms with Gasteiger partial charge in [0.2, 0.25) is 0 Å². The predicted octanol–water partition coefficient (Wildman–Crippen LogP) is 1.95. The third-order valence-corrected chi connectivity index (χ3v) is 2.99. The van der Waals surface area contributed by atoms with E-state index in [0.717, 1.165) is 12.8 Å². The smallest absolute Gasteiger partial charge is 0.255 e. The zero-order chi connectivity index (χ0) is 12.3. The number of halogens is 1. The van der Waals surface area contributed by atoms with Crippen molar-refractivity contribution in [2.75, 3.05) is 13.2 Å². The maximum atomic E-state index is 11.9. The molecule has 0 spiro atoms. The zero-order valence-electron chi connectivity index (χ0n) is 9.28. The number of carbonyl (C=O) groups is 1. The van der Waals surface area contributed by atoms with Crippen LogP contribution in [0.2, 0.25) is 5.02 Å². The fourth-order valence-electron chi connectivity index (χ4n) is 1.80. The molecule has 0 atom stereocenters. The summed E-state index contributed by atoms with van der Waals surface area (Å²) in [5, 5.41) is 12.9. The standard InChI is InChI=1S/C12H14ClNO3/c13-8-1-2-11(15)10(7-8)12(16)14-9-3-5-17-6-4-9/h1-2,7,9,15H,3-6H2,(H,14,16). The third kappa shape index (κ3) is 3.11. The number of nitrogens with one attached hydrogen (secondary N) is 1. The van der Waals surface area contributed by atoms with E-state index < -0.39 is 0 Å². The molecule has 17 heavy (non-hydrogen) atoms. The highest BCUT2D eigenvalue weighted by Gasteiger charge is 2.18. The topological polar surface area (TPSA) is 58.6 Å². The first kappa shape index (κ1) is 12.2. The van der Waals surface area contributed by atoms with Crippen LogP contribution in [0.3, 0.4) is 0 Å². The van der Waals surface area contributed by atoms with Crippen LogP contribution in [0.25, 0.3) is 0 Å². The summed E-state index contributed by atoms with van der Waals surface area (Å²) in [4.78, 5) is 11.9. The molecule has 1 aromatic carbocycles. The summed E-state index contributed by atoms with van der Waals surface area (Å²) >= 11 is 5.79. The fraction of sp³-hybridized carbons (Fsp3) is 0.417. The highest BCUT2D eigenvalue weighted by molar-refractivity contribution is 6.31. The van der Waals surface area contributed by atoms with Gasteiger partial charge in [-0.1, -0.05) is 11.6 Å². The Morgan fingerprint density at radius 2 is 2.12 bits per heavy atom. The fourth-order valence-corrected chi connectivity index (χ4v) is 1.97. The van der Waals surface area contributed by atoms with Gasteiger partial charge in [-0.15, -0.1) is 0 Å². The minimum absolute atomic E-state index is 0.0565. The van der Waals surface area contributed by atoms with E-state index in [1.165, 1.54) is 12.1 Å². The monoisotopic (exact) mass is 255 g/mol. The Morgan fingerprint density at radius 3 is 2.82 bits per heavy atom. The number of aromatic hydroxyl groups is 1. The van der Waals surface area contributed by atoms with Gasteiger partial charge in [0.05, 0.1) is 5.56 Å². The number of hydrogen-bond acceptors (Lipinski definition) is 3. The third-order valence-electron chi connectivity index (χ3n) is 2.76. The Labute approximate surface area is 105 Å². The molecule has 0 radical (unpaired) electrons. The molecule has 0 saturated carbocycles. The van der Waals surface area contributed by atoms with Gasteiger partial charge in [-0.25, -0.2) is 0 Å². The number of amides is 1. The zero-order valence-corrected chi connectivity index (χ0v) is 10.0. The molecule has 1 aromatic rings. The van der Waals surface area contributed by atoms with Gasteiger partial charge in [0.25, 0.3) is 5.91 Å². The van der Waals surface area contributed by atoms with E-state index in [-0.39, 0.29) is 23.3 Å². The van der Waals surface area contributed by atoms with E-state index in [2.05, 4.69) is 5.32 Å². The first-order valence-corrected chi connectivity index (χ1v) is 5.92. The van der Waals surface area contributed by atoms with Crippen LogP contribution < -0.4 is 5.32 Å². The van der Waals surface area contributed by atoms with Crippen LogP contribution in [0.15, 0.2) is 18.2 Å². The van der Waals surface area contributed by atoms with Crippen LogP contribution in [0.5, 0.6) is 5.75 Å². The predicted molar refractivity (Wildman–Crippen MR) is 64.4 cm³/mol. The van der Waals surface area contributed by atoms with Crippen molar-refractivity contribution in [1.82, 2.24) is 5.32 Å². The Hall–Kier alpha value is -1.26. The minimum atomic E-state index is -0.295. The molecule has 0 unspecified atom stereocenters. The van der Waals surface area contributed by atoms with E-state index in [0.29, 0.717) is 18.2 Å². The molecule has 1 aliphatic heterocycles. The van der Waals surface area contributed by atoms with Crippen molar-refractivity contribution in [3.63, 3.8) is 0 Å². The molecule has 92 valence electrons. The van der Waals surface area contributed by atoms with Crippen LogP contribution in [-0.2, 0) is 4.74 Å². The van der Waals surface area contributed by atoms with Crippen LogP contribution in [0.4, 0.5) is 0 Å². The largest absolute Gasteiger partial charge is 0.507 e. The summed E-state index contributed by atoms with van der Waals surface area (Å²) in [6.07, 6.45) is 1.60. The molecule has 5 heteroatoms. The lowest BCUT2D eigenvalue weighted by atomic mass is 10.1. The Morgan fingerprint density at radius 1 is 1.41 bits per heavy atom. The average molecular weight is 256 g/mol. The van der Waals surface area contributed by atoms with Crippen molar-refractivity contribution >= 4 is 17.5 Å². The van der Waals surface area contributed by atoms with Gasteiger partial charge >= 0.3 is 0 Å². The number of phenolic OH excluding ortho intramolecular Hbond substituents is 1. The molecule has 1 saturated heterocycles. The second kappa shape index (κ2) is 5.38. The Kier molecular flexibility index (Phi) is 3.86. The quantitative estimate of drug-likeness (QED) is 0.849. The molecule has 1 heterocycles. The van der Waals surface area contributed by atoms with Crippen LogP contribution in [0.1, 0.15) is 23.2 Å². The first-order chi connectivity index (χ1) is 8.16. The lowest BCUT2D eigenvalue weighted by molar-refractivity contribution is 0.0695. The molecular weight excluding hydrogens is 242 g/mol. The van der Waals surface area contributed by atoms with Crippen LogP contribution in [0, 0.1) is 0 Å². The second-order valence-corrected chi connectivity index (χ2v) is 4.46. The number of benzene rings is 1. The molecule has 0 aliphatic carbocycles. The molecule has 0 aromatic heterocycles. The van der Waals surface area contributed by atoms with E-state index in [9.17, 15) is 9.90 Å². The van der Waals surface area contributed by atoms with Gasteiger partial charge in [0.1, 0.15) is 5.75 Å². The molecule has 1 aliphatic rings.